The molecule has 9 heteroatoms. The number of hydrogen-bond acceptors (Lipinski definition) is 8. The fraction of sp³-hybridized carbons (Fsp3) is 0.267. The molecule has 4 rings (SSSR count). The van der Waals surface area contributed by atoms with Gasteiger partial charge in [0.1, 0.15) is 12.3 Å². The molecule has 0 amide bonds. The Morgan fingerprint density at radius 3 is 1.97 bits per heavy atom. The number of benzene rings is 2. The fourth-order valence-corrected chi connectivity index (χ4v) is 4.55. The summed E-state index contributed by atoms with van der Waals surface area (Å²) >= 11 is 0. The normalized spacial score (nSPS) is 12.7. The molecule has 0 saturated carbocycles. The maximum Gasteiger partial charge on any atom is 0.230 e. The molecule has 204 valence electrons. The average Bonchev–Trinajstić information content (AvgIpc) is 3.21. The molecule has 0 atom stereocenters. The standard InChI is InChI=1S/C30H31NO8/c1-17-20(27-28(31(17)2)21(32)15-24(35-4)29(27)33)16-39-23-12-18(10-11-22(23)34-3)8-9-19-13-25(36-5)30(38-7)26(14-19)37-6/h8-15H,16H2,1-7H3. The largest absolute Gasteiger partial charge is 0.493 e. The van der Waals surface area contributed by atoms with Gasteiger partial charge >= 0.3 is 0 Å². The molecule has 0 bridgehead atoms. The van der Waals surface area contributed by atoms with Crippen LogP contribution >= 0.6 is 0 Å². The van der Waals surface area contributed by atoms with Crippen molar-refractivity contribution in [2.45, 2.75) is 13.5 Å². The minimum absolute atomic E-state index is 0.0101. The van der Waals surface area contributed by atoms with Crippen LogP contribution in [0.15, 0.2) is 42.2 Å². The summed E-state index contributed by atoms with van der Waals surface area (Å²) in [4.78, 5) is 25.7. The van der Waals surface area contributed by atoms with Crippen LogP contribution in [-0.4, -0.2) is 51.7 Å². The van der Waals surface area contributed by atoms with Crippen molar-refractivity contribution >= 4 is 23.7 Å². The van der Waals surface area contributed by atoms with Gasteiger partial charge in [0.25, 0.3) is 0 Å². The van der Waals surface area contributed by atoms with Crippen molar-refractivity contribution in [2.24, 2.45) is 7.05 Å². The second kappa shape index (κ2) is 11.4. The van der Waals surface area contributed by atoms with E-state index in [1.807, 2.05) is 43.3 Å². The fourth-order valence-electron chi connectivity index (χ4n) is 4.55. The number of carbonyl (C=O) groups is 2. The Kier molecular flexibility index (Phi) is 7.99. The van der Waals surface area contributed by atoms with Gasteiger partial charge in [-0.1, -0.05) is 18.2 Å². The van der Waals surface area contributed by atoms with E-state index in [-0.39, 0.29) is 23.9 Å². The Labute approximate surface area is 227 Å². The van der Waals surface area contributed by atoms with E-state index in [1.54, 1.807) is 46.1 Å². The minimum atomic E-state index is -0.344. The van der Waals surface area contributed by atoms with E-state index < -0.39 is 0 Å². The lowest BCUT2D eigenvalue weighted by molar-refractivity contribution is 0.0912. The van der Waals surface area contributed by atoms with Crippen LogP contribution < -0.4 is 23.7 Å². The Hall–Kier alpha value is -4.66. The van der Waals surface area contributed by atoms with Crippen molar-refractivity contribution in [1.82, 2.24) is 4.57 Å². The first-order valence-electron chi connectivity index (χ1n) is 12.1. The van der Waals surface area contributed by atoms with Crippen LogP contribution in [0.2, 0.25) is 0 Å². The molecule has 0 fully saturated rings. The lowest BCUT2D eigenvalue weighted by Crippen LogP contribution is -2.20. The molecule has 0 N–H and O–H groups in total. The van der Waals surface area contributed by atoms with E-state index in [0.29, 0.717) is 45.6 Å². The number of hydrogen-bond donors (Lipinski definition) is 0. The molecule has 0 radical (unpaired) electrons. The summed E-state index contributed by atoms with van der Waals surface area (Å²) in [6, 6.07) is 9.24. The quantitative estimate of drug-likeness (QED) is 0.335. The van der Waals surface area contributed by atoms with Crippen molar-refractivity contribution in [1.29, 1.82) is 0 Å². The summed E-state index contributed by atoms with van der Waals surface area (Å²) in [5, 5.41) is 0. The molecule has 0 aliphatic heterocycles. The number of rotatable bonds is 10. The monoisotopic (exact) mass is 533 g/mol. The van der Waals surface area contributed by atoms with Gasteiger partial charge in [-0.15, -0.1) is 0 Å². The van der Waals surface area contributed by atoms with Gasteiger partial charge < -0.3 is 33.0 Å². The molecule has 0 unspecified atom stereocenters. The Morgan fingerprint density at radius 2 is 1.38 bits per heavy atom. The van der Waals surface area contributed by atoms with Crippen LogP contribution in [0.1, 0.15) is 43.2 Å². The predicted octanol–water partition coefficient (Wildman–Crippen LogP) is 5.03. The van der Waals surface area contributed by atoms with Gasteiger partial charge in [0.05, 0.1) is 41.1 Å². The second-order valence-corrected chi connectivity index (χ2v) is 8.74. The molecule has 39 heavy (non-hydrogen) atoms. The van der Waals surface area contributed by atoms with E-state index in [4.69, 9.17) is 28.4 Å². The molecule has 0 saturated heterocycles. The third-order valence-corrected chi connectivity index (χ3v) is 6.70. The van der Waals surface area contributed by atoms with Crippen molar-refractivity contribution in [3.8, 4) is 28.7 Å². The van der Waals surface area contributed by atoms with Crippen molar-refractivity contribution in [3.63, 3.8) is 0 Å². The van der Waals surface area contributed by atoms with E-state index in [0.717, 1.165) is 16.8 Å². The van der Waals surface area contributed by atoms with Crippen LogP contribution in [0, 0.1) is 6.92 Å². The highest BCUT2D eigenvalue weighted by Crippen LogP contribution is 2.39. The van der Waals surface area contributed by atoms with Crippen LogP contribution in [0.25, 0.3) is 12.2 Å². The second-order valence-electron chi connectivity index (χ2n) is 8.74. The summed E-state index contributed by atoms with van der Waals surface area (Å²) in [6.45, 7) is 1.90. The first-order chi connectivity index (χ1) is 18.8. The summed E-state index contributed by atoms with van der Waals surface area (Å²) < 4.78 is 34.8. The molecule has 9 nitrogen and oxygen atoms in total. The first kappa shape index (κ1) is 27.4. The molecule has 1 aromatic heterocycles. The van der Waals surface area contributed by atoms with Crippen molar-refractivity contribution in [2.75, 3.05) is 35.5 Å². The van der Waals surface area contributed by atoms with Crippen molar-refractivity contribution in [3.05, 3.63) is 75.8 Å². The maximum atomic E-state index is 13.0. The summed E-state index contributed by atoms with van der Waals surface area (Å²) in [6.07, 6.45) is 5.05. The highest BCUT2D eigenvalue weighted by Gasteiger charge is 2.34. The zero-order valence-electron chi connectivity index (χ0n) is 23.0. The van der Waals surface area contributed by atoms with Crippen LogP contribution in [0.4, 0.5) is 0 Å². The summed E-state index contributed by atoms with van der Waals surface area (Å²) in [5.74, 6) is 2.02. The third-order valence-electron chi connectivity index (χ3n) is 6.70. The molecular formula is C30H31NO8. The lowest BCUT2D eigenvalue weighted by atomic mass is 9.96. The first-order valence-corrected chi connectivity index (χ1v) is 12.1. The number of ketones is 2. The molecule has 1 heterocycles. The maximum absolute atomic E-state index is 13.0. The number of methoxy groups -OCH3 is 5. The number of allylic oxidation sites excluding steroid dienone is 2. The van der Waals surface area contributed by atoms with Gasteiger partial charge in [-0.25, -0.2) is 0 Å². The van der Waals surface area contributed by atoms with Crippen LogP contribution in [-0.2, 0) is 18.4 Å². The number of nitrogens with zero attached hydrogens (tertiary/aromatic N) is 1. The number of aromatic nitrogens is 1. The number of ether oxygens (including phenoxy) is 6. The highest BCUT2D eigenvalue weighted by molar-refractivity contribution is 6.24. The number of Topliss-reactive ketones (excluding diaryl/α,β-unsaturated/α-hetero) is 1. The van der Waals surface area contributed by atoms with Gasteiger partial charge in [0, 0.05) is 24.4 Å². The minimum Gasteiger partial charge on any atom is -0.493 e. The molecule has 2 aromatic carbocycles. The Bertz CT molecular complexity index is 1470. The van der Waals surface area contributed by atoms with Crippen LogP contribution in [0.3, 0.4) is 0 Å². The third kappa shape index (κ3) is 5.07. The Balaban J connectivity index is 1.64. The summed E-state index contributed by atoms with van der Waals surface area (Å²) in [7, 11) is 9.38. The van der Waals surface area contributed by atoms with Gasteiger partial charge in [-0.05, 0) is 42.3 Å². The van der Waals surface area contributed by atoms with Crippen molar-refractivity contribution < 1.29 is 38.0 Å². The van der Waals surface area contributed by atoms with Gasteiger partial charge in [0.2, 0.25) is 17.3 Å². The van der Waals surface area contributed by atoms with Gasteiger partial charge in [0.15, 0.2) is 28.8 Å². The summed E-state index contributed by atoms with van der Waals surface area (Å²) in [5.41, 5.74) is 3.70. The van der Waals surface area contributed by atoms with Gasteiger partial charge in [-0.2, -0.15) is 0 Å². The topological polar surface area (TPSA) is 94.5 Å². The predicted molar refractivity (Wildman–Crippen MR) is 146 cm³/mol. The average molecular weight is 534 g/mol. The lowest BCUT2D eigenvalue weighted by Gasteiger charge is -2.15. The van der Waals surface area contributed by atoms with Crippen LogP contribution in [0.5, 0.6) is 28.7 Å². The molecule has 3 aromatic rings. The molecule has 0 spiro atoms. The zero-order valence-corrected chi connectivity index (χ0v) is 23.0. The number of fused-ring (bicyclic) bond motifs is 1. The molecule has 1 aliphatic rings. The van der Waals surface area contributed by atoms with E-state index in [2.05, 4.69) is 0 Å². The Morgan fingerprint density at radius 1 is 0.769 bits per heavy atom. The SMILES string of the molecule is COC1=CC(=O)c2c(c(COc3cc(C=Cc4cc(OC)c(OC)c(OC)c4)ccc3OC)c(C)n2C)C1=O. The number of carbonyl (C=O) groups excluding carboxylic acids is 2. The smallest absolute Gasteiger partial charge is 0.230 e. The van der Waals surface area contributed by atoms with Gasteiger partial charge in [-0.3, -0.25) is 9.59 Å². The van der Waals surface area contributed by atoms with E-state index >= 15 is 0 Å². The molecule has 1 aliphatic carbocycles. The highest BCUT2D eigenvalue weighted by atomic mass is 16.5. The zero-order chi connectivity index (χ0) is 28.3. The molecular weight excluding hydrogens is 502 g/mol. The van der Waals surface area contributed by atoms with E-state index in [1.165, 1.54) is 13.2 Å². The van der Waals surface area contributed by atoms with E-state index in [9.17, 15) is 9.59 Å².